The Morgan fingerprint density at radius 3 is 2.28 bits per heavy atom. The Bertz CT molecular complexity index is 1050. The predicted octanol–water partition coefficient (Wildman–Crippen LogP) is 2.78. The van der Waals surface area contributed by atoms with Crippen molar-refractivity contribution in [1.29, 1.82) is 0 Å². The number of methoxy groups -OCH3 is 3. The number of aromatic nitrogens is 3. The fourth-order valence-electron chi connectivity index (χ4n) is 3.90. The van der Waals surface area contributed by atoms with Gasteiger partial charge in [0.25, 0.3) is 0 Å². The number of ether oxygens (including phenoxy) is 3. The Hall–Kier alpha value is -3.17. The third kappa shape index (κ3) is 4.68. The minimum atomic E-state index is 0.460. The van der Waals surface area contributed by atoms with Crippen LogP contribution in [-0.2, 0) is 13.1 Å². The summed E-state index contributed by atoms with van der Waals surface area (Å²) in [6, 6.07) is 7.73. The lowest BCUT2D eigenvalue weighted by molar-refractivity contribution is 0.111. The molecule has 1 fully saturated rings. The summed E-state index contributed by atoms with van der Waals surface area (Å²) in [5, 5.41) is 4.16. The van der Waals surface area contributed by atoms with Gasteiger partial charge in [0.15, 0.2) is 11.5 Å². The molecule has 0 spiro atoms. The van der Waals surface area contributed by atoms with Crippen molar-refractivity contribution in [3.8, 4) is 28.6 Å². The summed E-state index contributed by atoms with van der Waals surface area (Å²) in [4.78, 5) is 13.9. The zero-order valence-electron chi connectivity index (χ0n) is 19.0. The Morgan fingerprint density at radius 1 is 0.906 bits per heavy atom. The molecule has 0 bridgehead atoms. The van der Waals surface area contributed by atoms with Crippen LogP contribution in [0.25, 0.3) is 11.4 Å². The van der Waals surface area contributed by atoms with E-state index < -0.39 is 0 Å². The molecule has 3 aromatic rings. The van der Waals surface area contributed by atoms with Gasteiger partial charge in [-0.25, -0.2) is 0 Å². The largest absolute Gasteiger partial charge is 0.493 e. The molecule has 2 aromatic heterocycles. The number of hydrogen-bond donors (Lipinski definition) is 0. The van der Waals surface area contributed by atoms with Gasteiger partial charge in [-0.3, -0.25) is 14.8 Å². The van der Waals surface area contributed by atoms with E-state index in [0.29, 0.717) is 41.1 Å². The van der Waals surface area contributed by atoms with Gasteiger partial charge >= 0.3 is 0 Å². The lowest BCUT2D eigenvalue weighted by atomic mass is 10.1. The third-order valence-electron chi connectivity index (χ3n) is 5.73. The molecule has 0 unspecified atom stereocenters. The second kappa shape index (κ2) is 9.97. The van der Waals surface area contributed by atoms with Crippen LogP contribution in [0.15, 0.2) is 35.0 Å². The topological polar surface area (TPSA) is 86.0 Å². The fraction of sp³-hybridized carbons (Fsp3) is 0.435. The van der Waals surface area contributed by atoms with E-state index in [-0.39, 0.29) is 0 Å². The molecule has 1 saturated heterocycles. The van der Waals surface area contributed by atoms with E-state index in [1.54, 1.807) is 27.4 Å². The predicted molar refractivity (Wildman–Crippen MR) is 119 cm³/mol. The average molecular weight is 440 g/mol. The van der Waals surface area contributed by atoms with E-state index in [0.717, 1.165) is 38.4 Å². The number of pyridine rings is 1. The van der Waals surface area contributed by atoms with Crippen LogP contribution in [0.1, 0.15) is 17.1 Å². The Morgan fingerprint density at radius 2 is 1.62 bits per heavy atom. The summed E-state index contributed by atoms with van der Waals surface area (Å²) in [6.07, 6.45) is 1.86. The normalized spacial score (nSPS) is 15.0. The molecule has 4 rings (SSSR count). The minimum Gasteiger partial charge on any atom is -0.493 e. The first-order valence-electron chi connectivity index (χ1n) is 10.6. The smallest absolute Gasteiger partial charge is 0.241 e. The third-order valence-corrected chi connectivity index (χ3v) is 5.73. The summed E-state index contributed by atoms with van der Waals surface area (Å²) >= 11 is 0. The first-order valence-corrected chi connectivity index (χ1v) is 10.6. The molecule has 0 atom stereocenters. The van der Waals surface area contributed by atoms with Gasteiger partial charge in [0, 0.05) is 38.9 Å². The van der Waals surface area contributed by atoms with E-state index in [9.17, 15) is 0 Å². The highest BCUT2D eigenvalue weighted by Crippen LogP contribution is 2.43. The summed E-state index contributed by atoms with van der Waals surface area (Å²) < 4.78 is 21.9. The van der Waals surface area contributed by atoms with Gasteiger partial charge in [-0.1, -0.05) is 11.2 Å². The molecule has 0 saturated carbocycles. The van der Waals surface area contributed by atoms with E-state index in [2.05, 4.69) is 37.9 Å². The fourth-order valence-corrected chi connectivity index (χ4v) is 3.90. The maximum absolute atomic E-state index is 5.54. The maximum atomic E-state index is 5.54. The van der Waals surface area contributed by atoms with Crippen molar-refractivity contribution >= 4 is 0 Å². The highest BCUT2D eigenvalue weighted by atomic mass is 16.5. The van der Waals surface area contributed by atoms with Gasteiger partial charge in [-0.2, -0.15) is 4.98 Å². The van der Waals surface area contributed by atoms with E-state index in [1.807, 2.05) is 18.3 Å². The van der Waals surface area contributed by atoms with Gasteiger partial charge in [-0.05, 0) is 30.7 Å². The van der Waals surface area contributed by atoms with Crippen LogP contribution in [0.2, 0.25) is 0 Å². The number of nitrogens with zero attached hydrogens (tertiary/aromatic N) is 5. The van der Waals surface area contributed by atoms with Crippen molar-refractivity contribution in [3.63, 3.8) is 0 Å². The zero-order valence-corrected chi connectivity index (χ0v) is 19.0. The molecule has 1 aromatic carbocycles. The van der Waals surface area contributed by atoms with E-state index >= 15 is 0 Å². The number of aryl methyl sites for hydroxylation is 1. The summed E-state index contributed by atoms with van der Waals surface area (Å²) in [5.74, 6) is 2.62. The second-order valence-corrected chi connectivity index (χ2v) is 7.71. The zero-order chi connectivity index (χ0) is 22.5. The average Bonchev–Trinajstić information content (AvgIpc) is 3.28. The molecule has 170 valence electrons. The molecule has 9 heteroatoms. The molecule has 0 radical (unpaired) electrons. The van der Waals surface area contributed by atoms with Crippen LogP contribution in [0, 0.1) is 6.92 Å². The molecule has 3 heterocycles. The monoisotopic (exact) mass is 439 g/mol. The summed E-state index contributed by atoms with van der Waals surface area (Å²) in [7, 11) is 4.73. The van der Waals surface area contributed by atoms with Crippen LogP contribution in [0.5, 0.6) is 17.2 Å². The summed E-state index contributed by atoms with van der Waals surface area (Å²) in [5.41, 5.74) is 3.07. The van der Waals surface area contributed by atoms with Crippen LogP contribution >= 0.6 is 0 Å². The molecule has 1 aliphatic heterocycles. The van der Waals surface area contributed by atoms with Crippen molar-refractivity contribution in [2.45, 2.75) is 20.0 Å². The molecule has 0 N–H and O–H groups in total. The second-order valence-electron chi connectivity index (χ2n) is 7.71. The standard InChI is InChI=1S/C23H29N5O4/c1-16-6-5-9-24-18(16)14-27-10-12-28(13-11-27)15-20-25-23(26-32-20)17-7-8-19(29-2)22(31-4)21(17)30-3/h5-9H,10-15H2,1-4H3. The van der Waals surface area contributed by atoms with Crippen LogP contribution < -0.4 is 14.2 Å². The van der Waals surface area contributed by atoms with Crippen molar-refractivity contribution in [2.24, 2.45) is 0 Å². The highest BCUT2D eigenvalue weighted by Gasteiger charge is 2.23. The van der Waals surface area contributed by atoms with E-state index in [4.69, 9.17) is 18.7 Å². The first-order chi connectivity index (χ1) is 15.6. The number of hydrogen-bond acceptors (Lipinski definition) is 9. The molecule has 0 aliphatic carbocycles. The van der Waals surface area contributed by atoms with E-state index in [1.165, 1.54) is 5.56 Å². The van der Waals surface area contributed by atoms with Crippen molar-refractivity contribution in [1.82, 2.24) is 24.9 Å². The van der Waals surface area contributed by atoms with Crippen molar-refractivity contribution < 1.29 is 18.7 Å². The quantitative estimate of drug-likeness (QED) is 0.526. The first kappa shape index (κ1) is 22.0. The van der Waals surface area contributed by atoms with Gasteiger partial charge in [-0.15, -0.1) is 0 Å². The van der Waals surface area contributed by atoms with Gasteiger partial charge in [0.05, 0.1) is 39.1 Å². The molecule has 0 amide bonds. The van der Waals surface area contributed by atoms with Gasteiger partial charge in [0.2, 0.25) is 17.5 Å². The van der Waals surface area contributed by atoms with Crippen LogP contribution in [0.4, 0.5) is 0 Å². The van der Waals surface area contributed by atoms with Crippen molar-refractivity contribution in [3.05, 3.63) is 47.6 Å². The van der Waals surface area contributed by atoms with Gasteiger partial charge < -0.3 is 18.7 Å². The lowest BCUT2D eigenvalue weighted by Crippen LogP contribution is -2.45. The number of benzene rings is 1. The minimum absolute atomic E-state index is 0.460. The van der Waals surface area contributed by atoms with Crippen molar-refractivity contribution in [2.75, 3.05) is 47.5 Å². The number of rotatable bonds is 8. The molecule has 1 aliphatic rings. The SMILES string of the molecule is COc1ccc(-c2noc(CN3CCN(Cc4ncccc4C)CC3)n2)c(OC)c1OC. The molecule has 9 nitrogen and oxygen atoms in total. The molecule has 32 heavy (non-hydrogen) atoms. The Balaban J connectivity index is 1.39. The van der Waals surface area contributed by atoms with Crippen LogP contribution in [0.3, 0.4) is 0 Å². The highest BCUT2D eigenvalue weighted by molar-refractivity contribution is 5.71. The number of piperazine rings is 1. The Kier molecular flexibility index (Phi) is 6.87. The lowest BCUT2D eigenvalue weighted by Gasteiger charge is -2.33. The molecular weight excluding hydrogens is 410 g/mol. The maximum Gasteiger partial charge on any atom is 0.241 e. The Labute approximate surface area is 187 Å². The summed E-state index contributed by atoms with van der Waals surface area (Å²) in [6.45, 7) is 7.41. The molecular formula is C23H29N5O4. The van der Waals surface area contributed by atoms with Crippen LogP contribution in [-0.4, -0.2) is 72.4 Å². The van der Waals surface area contributed by atoms with Gasteiger partial charge in [0.1, 0.15) is 0 Å².